The van der Waals surface area contributed by atoms with Crippen molar-refractivity contribution < 1.29 is 35.5 Å². The van der Waals surface area contributed by atoms with Crippen LogP contribution in [0.1, 0.15) is 44.1 Å². The Morgan fingerprint density at radius 1 is 1.03 bits per heavy atom. The van der Waals surface area contributed by atoms with E-state index in [0.29, 0.717) is 6.07 Å². The fraction of sp³-hybridized carbons (Fsp3) is 0.500. The van der Waals surface area contributed by atoms with Gasteiger partial charge in [0.2, 0.25) is 5.91 Å². The molecule has 12 heteroatoms. The molecule has 0 atom stereocenters. The van der Waals surface area contributed by atoms with E-state index < -0.39 is 46.4 Å². The smallest absolute Gasteiger partial charge is 0.364 e. The topological polar surface area (TPSA) is 50.2 Å². The molecule has 0 unspecified atom stereocenters. The average molecular weight is 466 g/mol. The SMILES string of the molecule is CC(C)(C)CC(=O)Nc1c(F)cc(N2CCn3nc(C(F)(F)F)cc3C2)cc1C(F)(F)F. The van der Waals surface area contributed by atoms with Gasteiger partial charge in [0, 0.05) is 18.7 Å². The van der Waals surface area contributed by atoms with Crippen LogP contribution in [0, 0.1) is 11.2 Å². The number of hydrogen-bond acceptors (Lipinski definition) is 3. The van der Waals surface area contributed by atoms with Crippen LogP contribution in [0.5, 0.6) is 0 Å². The maximum atomic E-state index is 14.7. The number of rotatable bonds is 3. The number of alkyl halides is 6. The van der Waals surface area contributed by atoms with Crippen LogP contribution >= 0.6 is 0 Å². The van der Waals surface area contributed by atoms with Crippen molar-refractivity contribution in [2.24, 2.45) is 5.41 Å². The van der Waals surface area contributed by atoms with Crippen LogP contribution in [0.3, 0.4) is 0 Å². The highest BCUT2D eigenvalue weighted by Gasteiger charge is 2.38. The molecule has 1 aliphatic rings. The molecule has 0 bridgehead atoms. The molecule has 1 N–H and O–H groups in total. The van der Waals surface area contributed by atoms with E-state index >= 15 is 0 Å². The van der Waals surface area contributed by atoms with Crippen molar-refractivity contribution >= 4 is 17.3 Å². The average Bonchev–Trinajstić information content (AvgIpc) is 3.04. The van der Waals surface area contributed by atoms with Crippen LogP contribution in [0.25, 0.3) is 0 Å². The van der Waals surface area contributed by atoms with Crippen LogP contribution in [0.15, 0.2) is 18.2 Å². The monoisotopic (exact) mass is 466 g/mol. The lowest BCUT2D eigenvalue weighted by Crippen LogP contribution is -2.34. The minimum absolute atomic E-state index is 0.0154. The predicted molar refractivity (Wildman–Crippen MR) is 102 cm³/mol. The molecule has 1 amide bonds. The fourth-order valence-corrected chi connectivity index (χ4v) is 3.42. The molecular weight excluding hydrogens is 445 g/mol. The molecule has 1 aliphatic heterocycles. The van der Waals surface area contributed by atoms with Gasteiger partial charge in [-0.25, -0.2) is 4.39 Å². The summed E-state index contributed by atoms with van der Waals surface area (Å²) < 4.78 is 95.5. The number of aromatic nitrogens is 2. The summed E-state index contributed by atoms with van der Waals surface area (Å²) >= 11 is 0. The Morgan fingerprint density at radius 3 is 2.25 bits per heavy atom. The number of halogens is 7. The summed E-state index contributed by atoms with van der Waals surface area (Å²) in [6.45, 7) is 4.96. The third-order valence-corrected chi connectivity index (χ3v) is 4.79. The number of carbonyl (C=O) groups excluding carboxylic acids is 1. The normalized spacial score (nSPS) is 15.0. The Hall–Kier alpha value is -2.79. The van der Waals surface area contributed by atoms with Gasteiger partial charge in [-0.2, -0.15) is 31.4 Å². The third-order valence-electron chi connectivity index (χ3n) is 4.79. The van der Waals surface area contributed by atoms with E-state index in [1.54, 1.807) is 20.8 Å². The Labute approximate surface area is 179 Å². The zero-order valence-corrected chi connectivity index (χ0v) is 17.5. The van der Waals surface area contributed by atoms with E-state index in [9.17, 15) is 35.5 Å². The summed E-state index contributed by atoms with van der Waals surface area (Å²) in [6.07, 6.45) is -9.75. The first-order valence-corrected chi connectivity index (χ1v) is 9.64. The van der Waals surface area contributed by atoms with E-state index in [4.69, 9.17) is 0 Å². The zero-order chi connectivity index (χ0) is 24.1. The zero-order valence-electron chi connectivity index (χ0n) is 17.5. The maximum absolute atomic E-state index is 14.7. The lowest BCUT2D eigenvalue weighted by atomic mass is 9.92. The first-order chi connectivity index (χ1) is 14.5. The van der Waals surface area contributed by atoms with Crippen molar-refractivity contribution in [2.45, 2.75) is 52.6 Å². The van der Waals surface area contributed by atoms with E-state index in [-0.39, 0.29) is 37.4 Å². The van der Waals surface area contributed by atoms with Gasteiger partial charge in [0.05, 0.1) is 30.0 Å². The number of carbonyl (C=O) groups is 1. The van der Waals surface area contributed by atoms with Gasteiger partial charge in [-0.05, 0) is 23.6 Å². The van der Waals surface area contributed by atoms with Crippen molar-refractivity contribution in [3.63, 3.8) is 0 Å². The highest BCUT2D eigenvalue weighted by molar-refractivity contribution is 5.92. The van der Waals surface area contributed by atoms with Gasteiger partial charge in [0.15, 0.2) is 5.69 Å². The first-order valence-electron chi connectivity index (χ1n) is 9.64. The summed E-state index contributed by atoms with van der Waals surface area (Å²) in [7, 11) is 0. The van der Waals surface area contributed by atoms with Crippen molar-refractivity contribution in [1.29, 1.82) is 0 Å². The second-order valence-electron chi connectivity index (χ2n) is 8.80. The molecule has 0 aliphatic carbocycles. The molecular formula is C20H21F7N4O. The summed E-state index contributed by atoms with van der Waals surface area (Å²) in [5.41, 5.74) is -4.00. The molecule has 2 aromatic rings. The molecule has 5 nitrogen and oxygen atoms in total. The van der Waals surface area contributed by atoms with Crippen LogP contribution in [-0.2, 0) is 30.2 Å². The van der Waals surface area contributed by atoms with Gasteiger partial charge in [-0.1, -0.05) is 20.8 Å². The largest absolute Gasteiger partial charge is 0.435 e. The molecule has 1 aromatic carbocycles. The number of nitrogens with zero attached hydrogens (tertiary/aromatic N) is 3. The molecule has 2 heterocycles. The van der Waals surface area contributed by atoms with Crippen LogP contribution < -0.4 is 10.2 Å². The molecule has 1 aromatic heterocycles. The van der Waals surface area contributed by atoms with E-state index in [0.717, 1.165) is 16.8 Å². The Kier molecular flexibility index (Phi) is 5.94. The van der Waals surface area contributed by atoms with Gasteiger partial charge < -0.3 is 10.2 Å². The Bertz CT molecular complexity index is 1020. The highest BCUT2D eigenvalue weighted by atomic mass is 19.4. The third kappa shape index (κ3) is 5.33. The number of anilines is 2. The minimum atomic E-state index is -4.97. The van der Waals surface area contributed by atoms with Gasteiger partial charge in [-0.3, -0.25) is 9.48 Å². The van der Waals surface area contributed by atoms with E-state index in [2.05, 4.69) is 5.10 Å². The maximum Gasteiger partial charge on any atom is 0.435 e. The Morgan fingerprint density at radius 2 is 1.69 bits per heavy atom. The molecule has 0 fully saturated rings. The van der Waals surface area contributed by atoms with Crippen LogP contribution in [-0.4, -0.2) is 22.2 Å². The van der Waals surface area contributed by atoms with Gasteiger partial charge in [0.25, 0.3) is 0 Å². The molecule has 176 valence electrons. The first kappa shape index (κ1) is 23.9. The van der Waals surface area contributed by atoms with Gasteiger partial charge >= 0.3 is 12.4 Å². The summed E-state index contributed by atoms with van der Waals surface area (Å²) in [5.74, 6) is -2.05. The summed E-state index contributed by atoms with van der Waals surface area (Å²) in [4.78, 5) is 13.4. The predicted octanol–water partition coefficient (Wildman–Crippen LogP) is 5.45. The second-order valence-corrected chi connectivity index (χ2v) is 8.80. The second kappa shape index (κ2) is 7.96. The molecule has 0 radical (unpaired) electrons. The number of hydrogen-bond donors (Lipinski definition) is 1. The molecule has 3 rings (SSSR count). The van der Waals surface area contributed by atoms with Crippen LogP contribution in [0.4, 0.5) is 42.1 Å². The number of benzene rings is 1. The molecule has 0 spiro atoms. The van der Waals surface area contributed by atoms with Gasteiger partial charge in [0.1, 0.15) is 5.82 Å². The van der Waals surface area contributed by atoms with Gasteiger partial charge in [-0.15, -0.1) is 0 Å². The van der Waals surface area contributed by atoms with Crippen molar-refractivity contribution in [2.75, 3.05) is 16.8 Å². The number of nitrogens with one attached hydrogen (secondary N) is 1. The van der Waals surface area contributed by atoms with E-state index in [1.807, 2.05) is 5.32 Å². The quantitative estimate of drug-likeness (QED) is 0.612. The standard InChI is InChI=1S/C20H21F7N4O/c1-18(2,3)9-16(32)28-17-13(19(22,23)24)6-11(7-14(17)21)30-4-5-31-12(10-30)8-15(29-31)20(25,26)27/h6-8H,4-5,9-10H2,1-3H3,(H,28,32). The van der Waals surface area contributed by atoms with Crippen molar-refractivity contribution in [3.8, 4) is 0 Å². The highest BCUT2D eigenvalue weighted by Crippen LogP contribution is 2.40. The minimum Gasteiger partial charge on any atom is -0.364 e. The number of fused-ring (bicyclic) bond motifs is 1. The molecule has 32 heavy (non-hydrogen) atoms. The lowest BCUT2D eigenvalue weighted by Gasteiger charge is -2.30. The van der Waals surface area contributed by atoms with E-state index in [1.165, 1.54) is 4.90 Å². The van der Waals surface area contributed by atoms with Crippen LogP contribution in [0.2, 0.25) is 0 Å². The molecule has 0 saturated carbocycles. The molecule has 0 saturated heterocycles. The summed E-state index contributed by atoms with van der Waals surface area (Å²) in [6, 6.07) is 2.33. The lowest BCUT2D eigenvalue weighted by molar-refractivity contribution is -0.141. The van der Waals surface area contributed by atoms with Crippen molar-refractivity contribution in [3.05, 3.63) is 41.0 Å². The Balaban J connectivity index is 1.93. The number of amides is 1. The van der Waals surface area contributed by atoms with Crippen molar-refractivity contribution in [1.82, 2.24) is 9.78 Å². The fourth-order valence-electron chi connectivity index (χ4n) is 3.42. The summed E-state index contributed by atoms with van der Waals surface area (Å²) in [5, 5.41) is 5.48.